The van der Waals surface area contributed by atoms with Gasteiger partial charge < -0.3 is 10.2 Å². The van der Waals surface area contributed by atoms with Crippen molar-refractivity contribution in [2.45, 2.75) is 39.7 Å². The van der Waals surface area contributed by atoms with Crippen molar-refractivity contribution in [3.63, 3.8) is 0 Å². The smallest absolute Gasteiger partial charge is 0.198 e. The molecule has 1 N–H and O–H groups in total. The molecule has 1 aromatic rings. The highest BCUT2D eigenvalue weighted by molar-refractivity contribution is 5.94. The van der Waals surface area contributed by atoms with Crippen LogP contribution in [0, 0.1) is 5.92 Å². The minimum absolute atomic E-state index is 0.510. The molecule has 2 atom stereocenters. The van der Waals surface area contributed by atoms with E-state index in [1.54, 1.807) is 0 Å². The Balaban J connectivity index is 1.95. The number of para-hydroxylation sites is 1. The van der Waals surface area contributed by atoms with Crippen molar-refractivity contribution >= 4 is 11.6 Å². The van der Waals surface area contributed by atoms with Gasteiger partial charge in [-0.1, -0.05) is 38.5 Å². The van der Waals surface area contributed by atoms with Gasteiger partial charge in [0.2, 0.25) is 0 Å². The van der Waals surface area contributed by atoms with Crippen LogP contribution >= 0.6 is 0 Å². The lowest BCUT2D eigenvalue weighted by molar-refractivity contribution is 0.328. The Labute approximate surface area is 116 Å². The van der Waals surface area contributed by atoms with Gasteiger partial charge in [-0.25, -0.2) is 0 Å². The van der Waals surface area contributed by atoms with E-state index in [9.17, 15) is 0 Å². The summed E-state index contributed by atoms with van der Waals surface area (Å²) in [6, 6.07) is 10.8. The molecule has 0 amide bonds. The van der Waals surface area contributed by atoms with E-state index in [4.69, 9.17) is 0 Å². The minimum Gasteiger partial charge on any atom is -0.338 e. The Bertz CT molecular complexity index is 413. The zero-order chi connectivity index (χ0) is 13.7. The van der Waals surface area contributed by atoms with Crippen LogP contribution < -0.4 is 5.32 Å². The lowest BCUT2D eigenvalue weighted by atomic mass is 10.0. The second-order valence-corrected chi connectivity index (χ2v) is 5.50. The third kappa shape index (κ3) is 3.72. The maximum Gasteiger partial charge on any atom is 0.198 e. The average Bonchev–Trinajstić information content (AvgIpc) is 2.78. The van der Waals surface area contributed by atoms with Crippen LogP contribution in [0.5, 0.6) is 0 Å². The molecule has 19 heavy (non-hydrogen) atoms. The summed E-state index contributed by atoms with van der Waals surface area (Å²) < 4.78 is 0. The summed E-state index contributed by atoms with van der Waals surface area (Å²) in [5.74, 6) is 1.81. The first-order valence-corrected chi connectivity index (χ1v) is 7.34. The second-order valence-electron chi connectivity index (χ2n) is 5.50. The number of anilines is 1. The molecule has 104 valence electrons. The summed E-state index contributed by atoms with van der Waals surface area (Å²) in [6.45, 7) is 8.82. The van der Waals surface area contributed by atoms with Crippen molar-refractivity contribution in [2.24, 2.45) is 10.9 Å². The van der Waals surface area contributed by atoms with Gasteiger partial charge >= 0.3 is 0 Å². The van der Waals surface area contributed by atoms with E-state index in [0.29, 0.717) is 6.04 Å². The van der Waals surface area contributed by atoms with Crippen molar-refractivity contribution in [3.8, 4) is 0 Å². The maximum absolute atomic E-state index is 4.63. The van der Waals surface area contributed by atoms with Crippen LogP contribution in [-0.4, -0.2) is 30.0 Å². The lowest BCUT2D eigenvalue weighted by Gasteiger charge is -2.27. The summed E-state index contributed by atoms with van der Waals surface area (Å²) in [4.78, 5) is 7.03. The van der Waals surface area contributed by atoms with E-state index in [0.717, 1.165) is 30.7 Å². The lowest BCUT2D eigenvalue weighted by Crippen LogP contribution is -2.39. The highest BCUT2D eigenvalue weighted by Gasteiger charge is 2.24. The summed E-state index contributed by atoms with van der Waals surface area (Å²) in [7, 11) is 0. The molecule has 0 aliphatic carbocycles. The first-order chi connectivity index (χ1) is 9.20. The molecule has 1 heterocycles. The Morgan fingerprint density at radius 3 is 2.79 bits per heavy atom. The van der Waals surface area contributed by atoms with Crippen LogP contribution in [0.1, 0.15) is 33.6 Å². The third-order valence-corrected chi connectivity index (χ3v) is 3.90. The van der Waals surface area contributed by atoms with Gasteiger partial charge in [0.15, 0.2) is 5.96 Å². The predicted octanol–water partition coefficient (Wildman–Crippen LogP) is 3.59. The molecule has 0 saturated heterocycles. The van der Waals surface area contributed by atoms with Crippen LogP contribution in [0.3, 0.4) is 0 Å². The minimum atomic E-state index is 0.510. The second kappa shape index (κ2) is 6.60. The van der Waals surface area contributed by atoms with Gasteiger partial charge in [-0.2, -0.15) is 0 Å². The van der Waals surface area contributed by atoms with Crippen LogP contribution in [-0.2, 0) is 0 Å². The SMILES string of the molecule is CCC(C)CCN1C(Nc2ccccc2)=NC[C@@H]1C. The van der Waals surface area contributed by atoms with Crippen LogP contribution in [0.25, 0.3) is 0 Å². The predicted molar refractivity (Wildman–Crippen MR) is 82.6 cm³/mol. The monoisotopic (exact) mass is 259 g/mol. The van der Waals surface area contributed by atoms with E-state index in [1.165, 1.54) is 12.8 Å². The van der Waals surface area contributed by atoms with E-state index >= 15 is 0 Å². The van der Waals surface area contributed by atoms with Crippen molar-refractivity contribution < 1.29 is 0 Å². The summed E-state index contributed by atoms with van der Waals surface area (Å²) in [6.07, 6.45) is 2.48. The van der Waals surface area contributed by atoms with Gasteiger partial charge in [0, 0.05) is 18.3 Å². The van der Waals surface area contributed by atoms with Gasteiger partial charge in [0.25, 0.3) is 0 Å². The van der Waals surface area contributed by atoms with E-state index in [1.807, 2.05) is 18.2 Å². The molecule has 3 nitrogen and oxygen atoms in total. The van der Waals surface area contributed by atoms with Crippen LogP contribution in [0.2, 0.25) is 0 Å². The van der Waals surface area contributed by atoms with Gasteiger partial charge in [-0.3, -0.25) is 4.99 Å². The molecule has 1 aliphatic heterocycles. The normalized spacial score (nSPS) is 20.3. The quantitative estimate of drug-likeness (QED) is 0.875. The summed E-state index contributed by atoms with van der Waals surface area (Å²) >= 11 is 0. The van der Waals surface area contributed by atoms with Gasteiger partial charge in [0.05, 0.1) is 6.54 Å². The van der Waals surface area contributed by atoms with E-state index < -0.39 is 0 Å². The number of benzene rings is 1. The van der Waals surface area contributed by atoms with E-state index in [2.05, 4.69) is 48.1 Å². The number of hydrogen-bond acceptors (Lipinski definition) is 3. The Morgan fingerprint density at radius 1 is 1.37 bits per heavy atom. The number of nitrogens with one attached hydrogen (secondary N) is 1. The van der Waals surface area contributed by atoms with Crippen LogP contribution in [0.4, 0.5) is 5.69 Å². The van der Waals surface area contributed by atoms with Crippen molar-refractivity contribution in [2.75, 3.05) is 18.4 Å². The Kier molecular flexibility index (Phi) is 4.83. The molecule has 2 rings (SSSR count). The Morgan fingerprint density at radius 2 is 2.11 bits per heavy atom. The number of hydrogen-bond donors (Lipinski definition) is 1. The zero-order valence-corrected chi connectivity index (χ0v) is 12.3. The molecule has 1 unspecified atom stereocenters. The fourth-order valence-electron chi connectivity index (χ4n) is 2.27. The fraction of sp³-hybridized carbons (Fsp3) is 0.562. The number of rotatable bonds is 5. The molecule has 0 fully saturated rings. The number of nitrogens with zero attached hydrogens (tertiary/aromatic N) is 2. The molecule has 0 saturated carbocycles. The van der Waals surface area contributed by atoms with Gasteiger partial charge in [-0.15, -0.1) is 0 Å². The molecule has 0 aromatic heterocycles. The molecule has 1 aliphatic rings. The highest BCUT2D eigenvalue weighted by atomic mass is 15.4. The number of aliphatic imine (C=N–C) groups is 1. The summed E-state index contributed by atoms with van der Waals surface area (Å²) in [5.41, 5.74) is 1.11. The summed E-state index contributed by atoms with van der Waals surface area (Å²) in [5, 5.41) is 3.44. The molecular weight excluding hydrogens is 234 g/mol. The molecule has 0 spiro atoms. The van der Waals surface area contributed by atoms with Crippen molar-refractivity contribution in [3.05, 3.63) is 30.3 Å². The first-order valence-electron chi connectivity index (χ1n) is 7.34. The molecular formula is C16H25N3. The van der Waals surface area contributed by atoms with Crippen molar-refractivity contribution in [1.29, 1.82) is 0 Å². The zero-order valence-electron chi connectivity index (χ0n) is 12.3. The standard InChI is InChI=1S/C16H25N3/c1-4-13(2)10-11-19-14(3)12-17-16(19)18-15-8-6-5-7-9-15/h5-9,13-14H,4,10-12H2,1-3H3,(H,17,18)/t13?,14-/m0/s1. The van der Waals surface area contributed by atoms with E-state index in [-0.39, 0.29) is 0 Å². The van der Waals surface area contributed by atoms with Gasteiger partial charge in [-0.05, 0) is 31.4 Å². The largest absolute Gasteiger partial charge is 0.338 e. The molecule has 0 radical (unpaired) electrons. The Hall–Kier alpha value is -1.51. The van der Waals surface area contributed by atoms with Crippen molar-refractivity contribution in [1.82, 2.24) is 4.90 Å². The molecule has 3 heteroatoms. The highest BCUT2D eigenvalue weighted by Crippen LogP contribution is 2.16. The fourth-order valence-corrected chi connectivity index (χ4v) is 2.27. The first kappa shape index (κ1) is 13.9. The maximum atomic E-state index is 4.63. The van der Waals surface area contributed by atoms with Gasteiger partial charge in [0.1, 0.15) is 0 Å². The average molecular weight is 259 g/mol. The topological polar surface area (TPSA) is 27.6 Å². The molecule has 1 aromatic carbocycles. The third-order valence-electron chi connectivity index (χ3n) is 3.90. The number of guanidine groups is 1. The molecule has 0 bridgehead atoms. The van der Waals surface area contributed by atoms with Crippen LogP contribution in [0.15, 0.2) is 35.3 Å².